The van der Waals surface area contributed by atoms with Crippen LogP contribution in [-0.4, -0.2) is 16.1 Å². The van der Waals surface area contributed by atoms with Gasteiger partial charge in [-0.25, -0.2) is 0 Å². The molecule has 0 saturated carbocycles. The van der Waals surface area contributed by atoms with Crippen LogP contribution in [0.3, 0.4) is 0 Å². The van der Waals surface area contributed by atoms with Gasteiger partial charge >= 0.3 is 0 Å². The second-order valence-electron chi connectivity index (χ2n) is 6.08. The number of H-pyrrole nitrogens is 1. The van der Waals surface area contributed by atoms with Crippen LogP contribution in [0.5, 0.6) is 0 Å². The molecule has 0 unspecified atom stereocenters. The highest BCUT2D eigenvalue weighted by Gasteiger charge is 2.20. The van der Waals surface area contributed by atoms with Crippen molar-refractivity contribution in [3.8, 4) is 11.3 Å². The Morgan fingerprint density at radius 1 is 1.45 bits per heavy atom. The summed E-state index contributed by atoms with van der Waals surface area (Å²) in [6, 6.07) is 2.01. The summed E-state index contributed by atoms with van der Waals surface area (Å²) < 4.78 is 0. The van der Waals surface area contributed by atoms with Gasteiger partial charge in [-0.1, -0.05) is 27.7 Å². The zero-order valence-corrected chi connectivity index (χ0v) is 13.2. The lowest BCUT2D eigenvalue weighted by Crippen LogP contribution is -2.20. The van der Waals surface area contributed by atoms with Gasteiger partial charge in [0.25, 0.3) is 0 Å². The van der Waals surface area contributed by atoms with E-state index in [0.29, 0.717) is 6.42 Å². The molecule has 108 valence electrons. The number of hydrogen-bond acceptors (Lipinski definition) is 3. The third kappa shape index (κ3) is 3.48. The molecule has 0 aromatic carbocycles. The molecule has 4 nitrogen and oxygen atoms in total. The van der Waals surface area contributed by atoms with Gasteiger partial charge in [0.1, 0.15) is 5.69 Å². The number of anilines is 1. The van der Waals surface area contributed by atoms with Crippen molar-refractivity contribution in [2.45, 2.75) is 40.5 Å². The summed E-state index contributed by atoms with van der Waals surface area (Å²) >= 11 is 1.62. The quantitative estimate of drug-likeness (QED) is 0.892. The van der Waals surface area contributed by atoms with Crippen LogP contribution in [0.4, 0.5) is 5.69 Å². The first-order valence-electron chi connectivity index (χ1n) is 6.80. The second kappa shape index (κ2) is 5.79. The molecule has 2 aromatic heterocycles. The number of nitrogens with zero attached hydrogens (tertiary/aromatic N) is 1. The van der Waals surface area contributed by atoms with Crippen molar-refractivity contribution in [3.05, 3.63) is 22.5 Å². The van der Waals surface area contributed by atoms with E-state index in [1.54, 1.807) is 11.3 Å². The first kappa shape index (κ1) is 14.8. The minimum Gasteiger partial charge on any atom is -0.323 e. The molecule has 5 heteroatoms. The Labute approximate surface area is 123 Å². The maximum Gasteiger partial charge on any atom is 0.225 e. The van der Waals surface area contributed by atoms with Gasteiger partial charge in [0.05, 0.1) is 11.4 Å². The van der Waals surface area contributed by atoms with Crippen LogP contribution in [0.1, 0.15) is 39.8 Å². The molecule has 20 heavy (non-hydrogen) atoms. The molecule has 0 aliphatic heterocycles. The predicted molar refractivity (Wildman–Crippen MR) is 84.0 cm³/mol. The first-order chi connectivity index (χ1) is 9.40. The standard InChI is InChI=1S/C15H21N3OS/c1-5-11-14(16-12(19)8-15(2,3)4)13(18-17-11)10-6-7-20-9-10/h6-7,9H,5,8H2,1-4H3,(H,16,19)(H,17,18). The van der Waals surface area contributed by atoms with Gasteiger partial charge in [-0.2, -0.15) is 16.4 Å². The Morgan fingerprint density at radius 3 is 2.75 bits per heavy atom. The number of aromatic nitrogens is 2. The number of rotatable bonds is 4. The highest BCUT2D eigenvalue weighted by atomic mass is 32.1. The first-order valence-corrected chi connectivity index (χ1v) is 7.74. The summed E-state index contributed by atoms with van der Waals surface area (Å²) in [4.78, 5) is 12.2. The average Bonchev–Trinajstić information content (AvgIpc) is 2.94. The van der Waals surface area contributed by atoms with E-state index in [1.807, 2.05) is 23.8 Å². The van der Waals surface area contributed by atoms with Gasteiger partial charge in [0.2, 0.25) is 5.91 Å². The van der Waals surface area contributed by atoms with Crippen molar-refractivity contribution < 1.29 is 4.79 Å². The zero-order chi connectivity index (χ0) is 14.8. The molecule has 0 fully saturated rings. The number of thiophene rings is 1. The van der Waals surface area contributed by atoms with Gasteiger partial charge in [0, 0.05) is 17.4 Å². The minimum absolute atomic E-state index is 0.0251. The summed E-state index contributed by atoms with van der Waals surface area (Å²) in [6.07, 6.45) is 1.30. The minimum atomic E-state index is -0.0251. The number of amides is 1. The monoisotopic (exact) mass is 291 g/mol. The van der Waals surface area contributed by atoms with Crippen LogP contribution in [0.15, 0.2) is 16.8 Å². The van der Waals surface area contributed by atoms with Crippen LogP contribution in [0.2, 0.25) is 0 Å². The lowest BCUT2D eigenvalue weighted by atomic mass is 9.92. The molecule has 0 radical (unpaired) electrons. The van der Waals surface area contributed by atoms with Crippen LogP contribution in [0, 0.1) is 5.41 Å². The number of carbonyl (C=O) groups is 1. The van der Waals surface area contributed by atoms with Crippen LogP contribution < -0.4 is 5.32 Å². The fourth-order valence-electron chi connectivity index (χ4n) is 2.04. The van der Waals surface area contributed by atoms with E-state index >= 15 is 0 Å². The van der Waals surface area contributed by atoms with Crippen LogP contribution >= 0.6 is 11.3 Å². The lowest BCUT2D eigenvalue weighted by molar-refractivity contribution is -0.117. The molecule has 2 aromatic rings. The second-order valence-corrected chi connectivity index (χ2v) is 6.86. The maximum atomic E-state index is 12.2. The number of aryl methyl sites for hydroxylation is 1. The van der Waals surface area contributed by atoms with Crippen LogP contribution in [0.25, 0.3) is 11.3 Å². The zero-order valence-electron chi connectivity index (χ0n) is 12.4. The summed E-state index contributed by atoms with van der Waals surface area (Å²) in [5, 5.41) is 14.4. The van der Waals surface area contributed by atoms with E-state index in [-0.39, 0.29) is 11.3 Å². The van der Waals surface area contributed by atoms with E-state index in [9.17, 15) is 4.79 Å². The van der Waals surface area contributed by atoms with Crippen molar-refractivity contribution in [3.63, 3.8) is 0 Å². The molecule has 2 N–H and O–H groups in total. The summed E-state index contributed by atoms with van der Waals surface area (Å²) in [6.45, 7) is 8.22. The summed E-state index contributed by atoms with van der Waals surface area (Å²) in [7, 11) is 0. The van der Waals surface area contributed by atoms with Gasteiger partial charge in [-0.05, 0) is 23.3 Å². The Kier molecular flexibility index (Phi) is 4.28. The Balaban J connectivity index is 2.26. The van der Waals surface area contributed by atoms with Gasteiger partial charge in [-0.15, -0.1) is 0 Å². The van der Waals surface area contributed by atoms with Crippen molar-refractivity contribution in [1.82, 2.24) is 10.2 Å². The van der Waals surface area contributed by atoms with E-state index in [1.165, 1.54) is 0 Å². The van der Waals surface area contributed by atoms with Crippen LogP contribution in [-0.2, 0) is 11.2 Å². The molecule has 2 heterocycles. The fraction of sp³-hybridized carbons (Fsp3) is 0.467. The lowest BCUT2D eigenvalue weighted by Gasteiger charge is -2.17. The molecular weight excluding hydrogens is 270 g/mol. The number of hydrogen-bond donors (Lipinski definition) is 2. The van der Waals surface area contributed by atoms with E-state index < -0.39 is 0 Å². The van der Waals surface area contributed by atoms with Gasteiger partial charge in [0.15, 0.2) is 0 Å². The molecule has 0 bridgehead atoms. The van der Waals surface area contributed by atoms with Crippen molar-refractivity contribution in [2.75, 3.05) is 5.32 Å². The SMILES string of the molecule is CCc1[nH]nc(-c2ccsc2)c1NC(=O)CC(C)(C)C. The topological polar surface area (TPSA) is 57.8 Å². The number of carbonyl (C=O) groups excluding carboxylic acids is 1. The highest BCUT2D eigenvalue weighted by molar-refractivity contribution is 7.08. The van der Waals surface area contributed by atoms with Gasteiger partial charge in [-0.3, -0.25) is 9.89 Å². The molecule has 1 amide bonds. The maximum absolute atomic E-state index is 12.2. The third-order valence-electron chi connectivity index (χ3n) is 2.94. The van der Waals surface area contributed by atoms with Crippen molar-refractivity contribution in [2.24, 2.45) is 5.41 Å². The smallest absolute Gasteiger partial charge is 0.225 e. The van der Waals surface area contributed by atoms with Gasteiger partial charge < -0.3 is 5.32 Å². The van der Waals surface area contributed by atoms with Crippen molar-refractivity contribution in [1.29, 1.82) is 0 Å². The molecule has 2 rings (SSSR count). The largest absolute Gasteiger partial charge is 0.323 e. The number of aromatic amines is 1. The molecular formula is C15H21N3OS. The molecule has 0 spiro atoms. The highest BCUT2D eigenvalue weighted by Crippen LogP contribution is 2.31. The van der Waals surface area contributed by atoms with Crippen molar-refractivity contribution >= 4 is 22.9 Å². The average molecular weight is 291 g/mol. The summed E-state index contributed by atoms with van der Waals surface area (Å²) in [5.41, 5.74) is 3.62. The van der Waals surface area contributed by atoms with E-state index in [0.717, 1.165) is 29.1 Å². The fourth-order valence-corrected chi connectivity index (χ4v) is 2.68. The molecule has 0 saturated heterocycles. The normalized spacial score (nSPS) is 11.6. The molecule has 0 atom stereocenters. The molecule has 0 aliphatic rings. The Morgan fingerprint density at radius 2 is 2.20 bits per heavy atom. The van der Waals surface area contributed by atoms with E-state index in [4.69, 9.17) is 0 Å². The predicted octanol–water partition coefficient (Wildman–Crippen LogP) is 4.08. The number of nitrogens with one attached hydrogen (secondary N) is 2. The molecule has 0 aliphatic carbocycles. The summed E-state index contributed by atoms with van der Waals surface area (Å²) in [5.74, 6) is 0.0325. The third-order valence-corrected chi connectivity index (χ3v) is 3.63. The van der Waals surface area contributed by atoms with E-state index in [2.05, 4.69) is 36.3 Å². The Bertz CT molecular complexity index is 579. The Hall–Kier alpha value is -1.62.